The van der Waals surface area contributed by atoms with Crippen molar-refractivity contribution in [2.75, 3.05) is 24.5 Å². The number of rotatable bonds is 2. The zero-order valence-corrected chi connectivity index (χ0v) is 10.5. The minimum atomic E-state index is 0.631. The second kappa shape index (κ2) is 4.76. The predicted octanol–water partition coefficient (Wildman–Crippen LogP) is 0.775. The van der Waals surface area contributed by atoms with E-state index in [-0.39, 0.29) is 0 Å². The molecule has 1 fully saturated rings. The second-order valence-corrected chi connectivity index (χ2v) is 4.69. The Morgan fingerprint density at radius 1 is 1.47 bits per heavy atom. The number of anilines is 1. The number of nitriles is 1. The lowest BCUT2D eigenvalue weighted by Crippen LogP contribution is -2.37. The van der Waals surface area contributed by atoms with Gasteiger partial charge in [0.15, 0.2) is 0 Å². The molecule has 1 saturated heterocycles. The monoisotopic (exact) mass is 233 g/mol. The number of hydrogen-bond acceptors (Lipinski definition) is 4. The van der Waals surface area contributed by atoms with Crippen LogP contribution in [0.5, 0.6) is 0 Å². The molecule has 1 aliphatic rings. The summed E-state index contributed by atoms with van der Waals surface area (Å²) in [6, 6.07) is 2.26. The van der Waals surface area contributed by atoms with E-state index in [4.69, 9.17) is 5.73 Å². The Labute approximate surface area is 102 Å². The van der Waals surface area contributed by atoms with Crippen molar-refractivity contribution in [3.05, 3.63) is 11.3 Å². The molecule has 0 atom stereocenters. The summed E-state index contributed by atoms with van der Waals surface area (Å²) in [6.07, 6.45) is 2.21. The van der Waals surface area contributed by atoms with E-state index in [0.29, 0.717) is 11.5 Å². The average Bonchev–Trinajstić information content (AvgIpc) is 2.63. The predicted molar refractivity (Wildman–Crippen MR) is 66.7 cm³/mol. The molecule has 1 aromatic heterocycles. The van der Waals surface area contributed by atoms with Crippen LogP contribution in [0.1, 0.15) is 24.1 Å². The first-order chi connectivity index (χ1) is 8.17. The van der Waals surface area contributed by atoms with E-state index in [0.717, 1.165) is 44.0 Å². The normalized spacial score (nSPS) is 17.2. The third-order valence-corrected chi connectivity index (χ3v) is 3.55. The highest BCUT2D eigenvalue weighted by atomic mass is 15.4. The first-order valence-corrected chi connectivity index (χ1v) is 6.06. The first-order valence-electron chi connectivity index (χ1n) is 6.06. The maximum Gasteiger partial charge on any atom is 0.144 e. The molecule has 0 aromatic carbocycles. The topological polar surface area (TPSA) is 70.9 Å². The highest BCUT2D eigenvalue weighted by molar-refractivity contribution is 5.57. The van der Waals surface area contributed by atoms with Gasteiger partial charge in [-0.2, -0.15) is 10.4 Å². The molecule has 1 aromatic rings. The van der Waals surface area contributed by atoms with Gasteiger partial charge in [0.25, 0.3) is 0 Å². The van der Waals surface area contributed by atoms with Gasteiger partial charge in [-0.05, 0) is 32.2 Å². The Morgan fingerprint density at radius 3 is 2.65 bits per heavy atom. The van der Waals surface area contributed by atoms with Crippen LogP contribution >= 0.6 is 0 Å². The quantitative estimate of drug-likeness (QED) is 0.819. The Kier molecular flexibility index (Phi) is 3.34. The van der Waals surface area contributed by atoms with Crippen LogP contribution in [-0.4, -0.2) is 29.4 Å². The zero-order valence-electron chi connectivity index (χ0n) is 10.5. The van der Waals surface area contributed by atoms with E-state index in [1.807, 2.05) is 18.7 Å². The SMILES string of the molecule is Cc1nn(C)c(N2CCC(CN)CC2)c1C#N. The summed E-state index contributed by atoms with van der Waals surface area (Å²) < 4.78 is 1.82. The molecule has 1 aliphatic heterocycles. The van der Waals surface area contributed by atoms with Crippen molar-refractivity contribution in [1.29, 1.82) is 5.26 Å². The van der Waals surface area contributed by atoms with Crippen molar-refractivity contribution in [2.45, 2.75) is 19.8 Å². The molecule has 2 heterocycles. The van der Waals surface area contributed by atoms with Crippen molar-refractivity contribution >= 4 is 5.82 Å². The molecular weight excluding hydrogens is 214 g/mol. The van der Waals surface area contributed by atoms with Gasteiger partial charge in [0, 0.05) is 20.1 Å². The van der Waals surface area contributed by atoms with Crippen LogP contribution in [0.2, 0.25) is 0 Å². The molecule has 2 rings (SSSR count). The van der Waals surface area contributed by atoms with Crippen LogP contribution in [-0.2, 0) is 7.05 Å². The Balaban J connectivity index is 2.21. The van der Waals surface area contributed by atoms with Crippen LogP contribution in [0.3, 0.4) is 0 Å². The van der Waals surface area contributed by atoms with Crippen LogP contribution in [0, 0.1) is 24.2 Å². The molecule has 0 saturated carbocycles. The van der Waals surface area contributed by atoms with Gasteiger partial charge in [0.1, 0.15) is 17.5 Å². The zero-order chi connectivity index (χ0) is 12.4. The van der Waals surface area contributed by atoms with E-state index in [9.17, 15) is 5.26 Å². The van der Waals surface area contributed by atoms with Crippen LogP contribution in [0.15, 0.2) is 0 Å². The standard InChI is InChI=1S/C12H19N5/c1-9-11(8-14)12(16(2)15-9)17-5-3-10(7-13)4-6-17/h10H,3-7,13H2,1-2H3. The molecular formula is C12H19N5. The summed E-state index contributed by atoms with van der Waals surface area (Å²) in [6.45, 7) is 4.59. The molecule has 0 unspecified atom stereocenters. The summed E-state index contributed by atoms with van der Waals surface area (Å²) in [5.74, 6) is 1.59. The summed E-state index contributed by atoms with van der Waals surface area (Å²) >= 11 is 0. The molecule has 0 bridgehead atoms. The number of aryl methyl sites for hydroxylation is 2. The van der Waals surface area contributed by atoms with Gasteiger partial charge in [0.05, 0.1) is 5.69 Å². The number of nitrogens with zero attached hydrogens (tertiary/aromatic N) is 4. The highest BCUT2D eigenvalue weighted by Crippen LogP contribution is 2.26. The summed E-state index contributed by atoms with van der Waals surface area (Å²) in [4.78, 5) is 2.25. The van der Waals surface area contributed by atoms with E-state index >= 15 is 0 Å². The fraction of sp³-hybridized carbons (Fsp3) is 0.667. The molecule has 17 heavy (non-hydrogen) atoms. The lowest BCUT2D eigenvalue weighted by molar-refractivity contribution is 0.410. The van der Waals surface area contributed by atoms with E-state index in [2.05, 4.69) is 16.1 Å². The first kappa shape index (κ1) is 11.9. The molecule has 5 heteroatoms. The Hall–Kier alpha value is -1.54. The number of nitrogens with two attached hydrogens (primary N) is 1. The second-order valence-electron chi connectivity index (χ2n) is 4.69. The van der Waals surface area contributed by atoms with E-state index < -0.39 is 0 Å². The maximum absolute atomic E-state index is 9.19. The molecule has 0 aliphatic carbocycles. The number of hydrogen-bond donors (Lipinski definition) is 1. The van der Waals surface area contributed by atoms with Crippen LogP contribution < -0.4 is 10.6 Å². The minimum Gasteiger partial charge on any atom is -0.356 e. The van der Waals surface area contributed by atoms with Crippen molar-refractivity contribution in [3.8, 4) is 6.07 Å². The third kappa shape index (κ3) is 2.13. The van der Waals surface area contributed by atoms with Gasteiger partial charge in [-0.3, -0.25) is 4.68 Å². The summed E-state index contributed by atoms with van der Waals surface area (Å²) in [5, 5.41) is 13.5. The van der Waals surface area contributed by atoms with Crippen molar-refractivity contribution < 1.29 is 0 Å². The van der Waals surface area contributed by atoms with Gasteiger partial charge in [-0.15, -0.1) is 0 Å². The molecule has 5 nitrogen and oxygen atoms in total. The third-order valence-electron chi connectivity index (χ3n) is 3.55. The molecule has 0 radical (unpaired) electrons. The number of aromatic nitrogens is 2. The van der Waals surface area contributed by atoms with Gasteiger partial charge in [0.2, 0.25) is 0 Å². The summed E-state index contributed by atoms with van der Waals surface area (Å²) in [7, 11) is 1.90. The molecule has 0 spiro atoms. The Morgan fingerprint density at radius 2 is 2.12 bits per heavy atom. The van der Waals surface area contributed by atoms with Gasteiger partial charge in [-0.1, -0.05) is 0 Å². The lowest BCUT2D eigenvalue weighted by Gasteiger charge is -2.32. The number of piperidine rings is 1. The molecule has 92 valence electrons. The van der Waals surface area contributed by atoms with Gasteiger partial charge >= 0.3 is 0 Å². The average molecular weight is 233 g/mol. The largest absolute Gasteiger partial charge is 0.356 e. The van der Waals surface area contributed by atoms with Crippen LogP contribution in [0.4, 0.5) is 5.82 Å². The maximum atomic E-state index is 9.19. The van der Waals surface area contributed by atoms with Crippen molar-refractivity contribution in [2.24, 2.45) is 18.7 Å². The van der Waals surface area contributed by atoms with E-state index in [1.165, 1.54) is 0 Å². The lowest BCUT2D eigenvalue weighted by atomic mass is 9.97. The van der Waals surface area contributed by atoms with Gasteiger partial charge in [-0.25, -0.2) is 0 Å². The van der Waals surface area contributed by atoms with Gasteiger partial charge < -0.3 is 10.6 Å². The Bertz CT molecular complexity index is 434. The fourth-order valence-corrected chi connectivity index (χ4v) is 2.52. The molecule has 2 N–H and O–H groups in total. The van der Waals surface area contributed by atoms with Crippen LogP contribution in [0.25, 0.3) is 0 Å². The summed E-state index contributed by atoms with van der Waals surface area (Å²) in [5.41, 5.74) is 7.21. The van der Waals surface area contributed by atoms with Crippen molar-refractivity contribution in [1.82, 2.24) is 9.78 Å². The van der Waals surface area contributed by atoms with E-state index in [1.54, 1.807) is 0 Å². The fourth-order valence-electron chi connectivity index (χ4n) is 2.52. The minimum absolute atomic E-state index is 0.631. The smallest absolute Gasteiger partial charge is 0.144 e. The molecule has 0 amide bonds. The highest BCUT2D eigenvalue weighted by Gasteiger charge is 2.24. The van der Waals surface area contributed by atoms with Crippen molar-refractivity contribution in [3.63, 3.8) is 0 Å².